The number of nitrogens with two attached hydrogens (primary N) is 1. The zero-order valence-electron chi connectivity index (χ0n) is 5.87. The Hall–Kier alpha value is -1.01. The van der Waals surface area contributed by atoms with Gasteiger partial charge in [0, 0.05) is 0 Å². The summed E-state index contributed by atoms with van der Waals surface area (Å²) in [6, 6.07) is -0.664. The number of aliphatic carboxylic acids is 1. The Morgan fingerprint density at radius 2 is 2.40 bits per heavy atom. The average Bonchev–Trinajstić information content (AvgIpc) is 1.88. The van der Waals surface area contributed by atoms with Gasteiger partial charge in [0.25, 0.3) is 0 Å². The standard InChI is InChI=1S/C7H11NO2/c1-3-5(7(9)10)6(8)4-2/h2,5-6H,3,8H2,1H3,(H,9,10)/t5?,6-/m1/s1. The predicted molar refractivity (Wildman–Crippen MR) is 38.2 cm³/mol. The quantitative estimate of drug-likeness (QED) is 0.546. The highest BCUT2D eigenvalue weighted by molar-refractivity contribution is 5.71. The lowest BCUT2D eigenvalue weighted by Crippen LogP contribution is -2.33. The van der Waals surface area contributed by atoms with Crippen molar-refractivity contribution < 1.29 is 9.90 Å². The molecule has 0 fully saturated rings. The van der Waals surface area contributed by atoms with Crippen LogP contribution in [0.5, 0.6) is 0 Å². The fourth-order valence-corrected chi connectivity index (χ4v) is 0.698. The molecule has 0 aliphatic heterocycles. The third kappa shape index (κ3) is 2.08. The van der Waals surface area contributed by atoms with E-state index >= 15 is 0 Å². The first kappa shape index (κ1) is 8.99. The van der Waals surface area contributed by atoms with Crippen molar-refractivity contribution in [3.8, 4) is 12.3 Å². The van der Waals surface area contributed by atoms with E-state index in [1.807, 2.05) is 0 Å². The first-order valence-electron chi connectivity index (χ1n) is 3.08. The second-order valence-corrected chi connectivity index (χ2v) is 2.05. The van der Waals surface area contributed by atoms with E-state index in [0.29, 0.717) is 6.42 Å². The van der Waals surface area contributed by atoms with Gasteiger partial charge < -0.3 is 10.8 Å². The third-order valence-corrected chi connectivity index (χ3v) is 1.38. The summed E-state index contributed by atoms with van der Waals surface area (Å²) in [4.78, 5) is 10.4. The summed E-state index contributed by atoms with van der Waals surface area (Å²) >= 11 is 0. The minimum absolute atomic E-state index is 0.473. The van der Waals surface area contributed by atoms with Crippen LogP contribution in [-0.2, 0) is 4.79 Å². The van der Waals surface area contributed by atoms with E-state index in [-0.39, 0.29) is 0 Å². The average molecular weight is 141 g/mol. The molecule has 3 heteroatoms. The van der Waals surface area contributed by atoms with E-state index in [0.717, 1.165) is 0 Å². The molecule has 0 bridgehead atoms. The van der Waals surface area contributed by atoms with Crippen LogP contribution in [0.4, 0.5) is 0 Å². The van der Waals surface area contributed by atoms with Gasteiger partial charge >= 0.3 is 5.97 Å². The number of terminal acetylenes is 1. The highest BCUT2D eigenvalue weighted by atomic mass is 16.4. The molecule has 0 aromatic carbocycles. The van der Waals surface area contributed by atoms with Gasteiger partial charge in [0.2, 0.25) is 0 Å². The molecule has 0 saturated carbocycles. The van der Waals surface area contributed by atoms with Crippen LogP contribution in [-0.4, -0.2) is 17.1 Å². The summed E-state index contributed by atoms with van der Waals surface area (Å²) in [5.74, 6) is 0.665. The maximum Gasteiger partial charge on any atom is 0.309 e. The molecule has 10 heavy (non-hydrogen) atoms. The van der Waals surface area contributed by atoms with Crippen LogP contribution >= 0.6 is 0 Å². The lowest BCUT2D eigenvalue weighted by molar-refractivity contribution is -0.142. The summed E-state index contributed by atoms with van der Waals surface area (Å²) in [6.45, 7) is 1.75. The smallest absolute Gasteiger partial charge is 0.309 e. The Bertz CT molecular complexity index is 159. The van der Waals surface area contributed by atoms with Gasteiger partial charge in [-0.25, -0.2) is 0 Å². The third-order valence-electron chi connectivity index (χ3n) is 1.38. The molecule has 0 amide bonds. The van der Waals surface area contributed by atoms with Gasteiger partial charge in [-0.2, -0.15) is 0 Å². The molecule has 56 valence electrons. The first-order chi connectivity index (χ1) is 4.63. The lowest BCUT2D eigenvalue weighted by atomic mass is 9.99. The zero-order chi connectivity index (χ0) is 8.15. The Morgan fingerprint density at radius 1 is 1.90 bits per heavy atom. The van der Waals surface area contributed by atoms with Crippen molar-refractivity contribution in [1.29, 1.82) is 0 Å². The van der Waals surface area contributed by atoms with Gasteiger partial charge in [0.05, 0.1) is 12.0 Å². The number of carboxylic acid groups (broad SMARTS) is 1. The highest BCUT2D eigenvalue weighted by Crippen LogP contribution is 2.05. The van der Waals surface area contributed by atoms with Gasteiger partial charge in [0.1, 0.15) is 0 Å². The molecule has 0 aliphatic carbocycles. The van der Waals surface area contributed by atoms with E-state index in [9.17, 15) is 4.79 Å². The largest absolute Gasteiger partial charge is 0.481 e. The number of carboxylic acids is 1. The maximum absolute atomic E-state index is 10.4. The molecule has 0 aromatic rings. The number of hydrogen-bond donors (Lipinski definition) is 2. The van der Waals surface area contributed by atoms with Crippen LogP contribution in [0.3, 0.4) is 0 Å². The van der Waals surface area contributed by atoms with Gasteiger partial charge in [-0.1, -0.05) is 12.8 Å². The molecule has 1 unspecified atom stereocenters. The minimum Gasteiger partial charge on any atom is -0.481 e. The molecule has 0 radical (unpaired) electrons. The van der Waals surface area contributed by atoms with E-state index in [4.69, 9.17) is 17.3 Å². The van der Waals surface area contributed by atoms with E-state index in [1.54, 1.807) is 6.92 Å². The second-order valence-electron chi connectivity index (χ2n) is 2.05. The van der Waals surface area contributed by atoms with Crippen LogP contribution in [0.1, 0.15) is 13.3 Å². The molecule has 0 saturated heterocycles. The summed E-state index contributed by atoms with van der Waals surface area (Å²) < 4.78 is 0. The first-order valence-corrected chi connectivity index (χ1v) is 3.08. The van der Waals surface area contributed by atoms with Crippen LogP contribution < -0.4 is 5.73 Å². The van der Waals surface area contributed by atoms with Gasteiger partial charge in [-0.15, -0.1) is 6.42 Å². The van der Waals surface area contributed by atoms with Crippen LogP contribution in [0.2, 0.25) is 0 Å². The molecule has 0 aromatic heterocycles. The molecular weight excluding hydrogens is 130 g/mol. The Labute approximate surface area is 60.2 Å². The minimum atomic E-state index is -0.923. The van der Waals surface area contributed by atoms with Gasteiger partial charge in [0.15, 0.2) is 0 Å². The van der Waals surface area contributed by atoms with Gasteiger partial charge in [-0.05, 0) is 6.42 Å². The van der Waals surface area contributed by atoms with Crippen molar-refractivity contribution in [2.24, 2.45) is 11.7 Å². The predicted octanol–water partition coefficient (Wildman–Crippen LogP) is 0.0577. The van der Waals surface area contributed by atoms with Gasteiger partial charge in [-0.3, -0.25) is 4.79 Å². The molecule has 0 heterocycles. The van der Waals surface area contributed by atoms with E-state index in [1.165, 1.54) is 0 Å². The monoisotopic (exact) mass is 141 g/mol. The van der Waals surface area contributed by atoms with Crippen LogP contribution in [0.15, 0.2) is 0 Å². The fraction of sp³-hybridized carbons (Fsp3) is 0.571. The summed E-state index contributed by atoms with van der Waals surface area (Å²) in [7, 11) is 0. The summed E-state index contributed by atoms with van der Waals surface area (Å²) in [5, 5.41) is 8.50. The summed E-state index contributed by atoms with van der Waals surface area (Å²) in [6.07, 6.45) is 5.42. The zero-order valence-corrected chi connectivity index (χ0v) is 5.87. The molecule has 0 spiro atoms. The molecule has 3 N–H and O–H groups in total. The van der Waals surface area contributed by atoms with Crippen molar-refractivity contribution in [3.05, 3.63) is 0 Å². The molecule has 0 rings (SSSR count). The van der Waals surface area contributed by atoms with E-state index < -0.39 is 17.9 Å². The van der Waals surface area contributed by atoms with Crippen molar-refractivity contribution in [2.45, 2.75) is 19.4 Å². The van der Waals surface area contributed by atoms with Crippen molar-refractivity contribution in [1.82, 2.24) is 0 Å². The number of hydrogen-bond acceptors (Lipinski definition) is 2. The Kier molecular flexibility index (Phi) is 3.52. The molecular formula is C7H11NO2. The molecule has 3 nitrogen and oxygen atoms in total. The van der Waals surface area contributed by atoms with Crippen molar-refractivity contribution in [3.63, 3.8) is 0 Å². The topological polar surface area (TPSA) is 63.3 Å². The Morgan fingerprint density at radius 3 is 2.50 bits per heavy atom. The number of rotatable bonds is 3. The van der Waals surface area contributed by atoms with Crippen molar-refractivity contribution >= 4 is 5.97 Å². The summed E-state index contributed by atoms with van der Waals surface area (Å²) in [5.41, 5.74) is 5.31. The van der Waals surface area contributed by atoms with Crippen LogP contribution in [0.25, 0.3) is 0 Å². The number of carbonyl (C=O) groups is 1. The normalized spacial score (nSPS) is 15.3. The maximum atomic E-state index is 10.4. The highest BCUT2D eigenvalue weighted by Gasteiger charge is 2.20. The lowest BCUT2D eigenvalue weighted by Gasteiger charge is -2.11. The van der Waals surface area contributed by atoms with E-state index in [2.05, 4.69) is 5.92 Å². The SMILES string of the molecule is C#C[C@@H](N)C(CC)C(=O)O. The Balaban J connectivity index is 4.09. The van der Waals surface area contributed by atoms with Crippen molar-refractivity contribution in [2.75, 3.05) is 0 Å². The van der Waals surface area contributed by atoms with Crippen LogP contribution in [0, 0.1) is 18.3 Å². The molecule has 2 atom stereocenters. The molecule has 0 aliphatic rings. The fourth-order valence-electron chi connectivity index (χ4n) is 0.698. The second kappa shape index (κ2) is 3.91.